The van der Waals surface area contributed by atoms with Gasteiger partial charge in [0.2, 0.25) is 5.91 Å². The van der Waals surface area contributed by atoms with Crippen LogP contribution in [0.5, 0.6) is 5.75 Å². The van der Waals surface area contributed by atoms with E-state index in [1.165, 1.54) is 0 Å². The molecule has 7 nitrogen and oxygen atoms in total. The van der Waals surface area contributed by atoms with Crippen molar-refractivity contribution in [1.29, 1.82) is 0 Å². The maximum atomic E-state index is 13.5. The molecule has 2 saturated heterocycles. The Morgan fingerprint density at radius 2 is 1.88 bits per heavy atom. The van der Waals surface area contributed by atoms with Crippen molar-refractivity contribution in [1.82, 2.24) is 15.1 Å². The summed E-state index contributed by atoms with van der Waals surface area (Å²) in [6.07, 6.45) is 0.199. The average molecular weight is 452 g/mol. The van der Waals surface area contributed by atoms with E-state index in [4.69, 9.17) is 4.74 Å². The molecule has 0 aromatic heterocycles. The Morgan fingerprint density at radius 1 is 1.09 bits per heavy atom. The van der Waals surface area contributed by atoms with Gasteiger partial charge in [0.25, 0.3) is 5.91 Å². The van der Waals surface area contributed by atoms with Crippen LogP contribution in [-0.2, 0) is 16.0 Å². The summed E-state index contributed by atoms with van der Waals surface area (Å²) in [4.78, 5) is 42.8. The molecule has 2 amide bonds. The summed E-state index contributed by atoms with van der Waals surface area (Å²) in [6, 6.07) is 12.6. The second kappa shape index (κ2) is 8.60. The second-order valence-electron chi connectivity index (χ2n) is 8.31. The minimum atomic E-state index is -0.592. The van der Waals surface area contributed by atoms with E-state index in [9.17, 15) is 14.4 Å². The van der Waals surface area contributed by atoms with Crippen LogP contribution in [0.3, 0.4) is 0 Å². The average Bonchev–Trinajstić information content (AvgIpc) is 3.35. The minimum absolute atomic E-state index is 0.0134. The SMILES string of the molecule is COc1ccc(-c2ccc3c(c2)C(=O)N2CCN(C(=O)[C@@H]4CSCN4)C[C@@H]2C(=O)C3)cc1. The van der Waals surface area contributed by atoms with Gasteiger partial charge in [-0.2, -0.15) is 0 Å². The third-order valence-electron chi connectivity index (χ3n) is 6.47. The first-order chi connectivity index (χ1) is 15.5. The predicted octanol–water partition coefficient (Wildman–Crippen LogP) is 1.80. The first-order valence-electron chi connectivity index (χ1n) is 10.8. The molecule has 2 aromatic rings. The van der Waals surface area contributed by atoms with Crippen molar-refractivity contribution in [3.8, 4) is 16.9 Å². The number of nitrogens with zero attached hydrogens (tertiary/aromatic N) is 2. The number of ether oxygens (including phenoxy) is 1. The van der Waals surface area contributed by atoms with E-state index in [2.05, 4.69) is 5.32 Å². The van der Waals surface area contributed by atoms with Crippen molar-refractivity contribution in [2.45, 2.75) is 18.5 Å². The van der Waals surface area contributed by atoms with Crippen molar-refractivity contribution in [3.05, 3.63) is 53.6 Å². The first-order valence-corrected chi connectivity index (χ1v) is 11.9. The highest BCUT2D eigenvalue weighted by Crippen LogP contribution is 2.29. The molecule has 2 fully saturated rings. The van der Waals surface area contributed by atoms with Crippen molar-refractivity contribution in [2.75, 3.05) is 38.4 Å². The summed E-state index contributed by atoms with van der Waals surface area (Å²) >= 11 is 1.70. The largest absolute Gasteiger partial charge is 0.497 e. The second-order valence-corrected chi connectivity index (χ2v) is 9.34. The number of hydrogen-bond acceptors (Lipinski definition) is 6. The number of ketones is 1. The Labute approximate surface area is 191 Å². The van der Waals surface area contributed by atoms with Crippen LogP contribution >= 0.6 is 11.8 Å². The molecule has 0 radical (unpaired) electrons. The van der Waals surface area contributed by atoms with Gasteiger partial charge in [-0.25, -0.2) is 0 Å². The number of carbonyl (C=O) groups is 3. The monoisotopic (exact) mass is 451 g/mol. The summed E-state index contributed by atoms with van der Waals surface area (Å²) in [7, 11) is 1.63. The van der Waals surface area contributed by atoms with E-state index in [1.54, 1.807) is 28.7 Å². The van der Waals surface area contributed by atoms with Gasteiger partial charge in [-0.1, -0.05) is 24.3 Å². The number of carbonyl (C=O) groups excluding carboxylic acids is 3. The zero-order chi connectivity index (χ0) is 22.2. The van der Waals surface area contributed by atoms with Gasteiger partial charge in [0, 0.05) is 43.2 Å². The van der Waals surface area contributed by atoms with E-state index < -0.39 is 6.04 Å². The zero-order valence-corrected chi connectivity index (χ0v) is 18.7. The van der Waals surface area contributed by atoms with Crippen LogP contribution in [0.1, 0.15) is 15.9 Å². The number of amides is 2. The number of hydrogen-bond donors (Lipinski definition) is 1. The normalized spacial score (nSPS) is 22.9. The fourth-order valence-corrected chi connectivity index (χ4v) is 5.56. The molecule has 0 saturated carbocycles. The molecule has 0 spiro atoms. The Morgan fingerprint density at radius 3 is 2.59 bits per heavy atom. The molecule has 3 heterocycles. The topological polar surface area (TPSA) is 79.0 Å². The molecule has 166 valence electrons. The maximum Gasteiger partial charge on any atom is 0.254 e. The Hall–Kier alpha value is -2.84. The first kappa shape index (κ1) is 21.0. The summed E-state index contributed by atoms with van der Waals surface area (Å²) in [6.45, 7) is 1.09. The minimum Gasteiger partial charge on any atom is -0.497 e. The Kier molecular flexibility index (Phi) is 5.65. The maximum absolute atomic E-state index is 13.5. The lowest BCUT2D eigenvalue weighted by Gasteiger charge is -2.40. The lowest BCUT2D eigenvalue weighted by atomic mass is 9.96. The number of fused-ring (bicyclic) bond motifs is 2. The molecule has 2 atom stereocenters. The molecule has 8 heteroatoms. The van der Waals surface area contributed by atoms with E-state index in [-0.39, 0.29) is 36.6 Å². The zero-order valence-electron chi connectivity index (χ0n) is 17.9. The Balaban J connectivity index is 1.40. The van der Waals surface area contributed by atoms with E-state index in [0.29, 0.717) is 18.7 Å². The number of piperazine rings is 1. The molecule has 0 bridgehead atoms. The third kappa shape index (κ3) is 3.78. The van der Waals surface area contributed by atoms with Gasteiger partial charge in [-0.15, -0.1) is 11.8 Å². The van der Waals surface area contributed by atoms with Crippen LogP contribution < -0.4 is 10.1 Å². The molecule has 3 aliphatic rings. The van der Waals surface area contributed by atoms with Gasteiger partial charge in [0.1, 0.15) is 11.8 Å². The lowest BCUT2D eigenvalue weighted by molar-refractivity contribution is -0.137. The molecule has 0 unspecified atom stereocenters. The highest BCUT2D eigenvalue weighted by atomic mass is 32.2. The van der Waals surface area contributed by atoms with Crippen LogP contribution in [0, 0.1) is 0 Å². The quantitative estimate of drug-likeness (QED) is 0.767. The van der Waals surface area contributed by atoms with Gasteiger partial charge < -0.3 is 14.5 Å². The van der Waals surface area contributed by atoms with Gasteiger partial charge in [0.05, 0.1) is 13.2 Å². The standard InChI is InChI=1S/C24H25N3O4S/c1-31-18-6-4-15(5-7-18)16-2-3-17-11-22(28)21-12-26(24(30)20-13-32-14-25-20)8-9-27(21)23(29)19(17)10-16/h2-7,10,20-21,25H,8-9,11-14H2,1H3/t20-,21+/m0/s1. The summed E-state index contributed by atoms with van der Waals surface area (Å²) in [5, 5.41) is 3.20. The Bertz CT molecular complexity index is 1070. The van der Waals surface area contributed by atoms with Crippen LogP contribution in [0.25, 0.3) is 11.1 Å². The fraction of sp³-hybridized carbons (Fsp3) is 0.375. The molecule has 5 rings (SSSR count). The molecule has 3 aliphatic heterocycles. The highest BCUT2D eigenvalue weighted by Gasteiger charge is 2.41. The van der Waals surface area contributed by atoms with Gasteiger partial charge in [0.15, 0.2) is 5.78 Å². The van der Waals surface area contributed by atoms with Crippen molar-refractivity contribution in [2.24, 2.45) is 0 Å². The number of nitrogens with one attached hydrogen (secondary N) is 1. The molecule has 2 aromatic carbocycles. The van der Waals surface area contributed by atoms with Crippen LogP contribution in [0.15, 0.2) is 42.5 Å². The third-order valence-corrected chi connectivity index (χ3v) is 7.41. The number of benzene rings is 2. The predicted molar refractivity (Wildman–Crippen MR) is 123 cm³/mol. The summed E-state index contributed by atoms with van der Waals surface area (Å²) in [5.74, 6) is 2.16. The van der Waals surface area contributed by atoms with Crippen LogP contribution in [0.4, 0.5) is 0 Å². The summed E-state index contributed by atoms with van der Waals surface area (Å²) < 4.78 is 5.23. The van der Waals surface area contributed by atoms with Crippen molar-refractivity contribution >= 4 is 29.4 Å². The highest BCUT2D eigenvalue weighted by molar-refractivity contribution is 7.99. The number of thioether (sulfide) groups is 1. The molecule has 32 heavy (non-hydrogen) atoms. The number of rotatable bonds is 3. The van der Waals surface area contributed by atoms with E-state index in [0.717, 1.165) is 34.1 Å². The van der Waals surface area contributed by atoms with Crippen LogP contribution in [-0.4, -0.2) is 77.9 Å². The van der Waals surface area contributed by atoms with Gasteiger partial charge in [-0.05, 0) is 34.9 Å². The summed E-state index contributed by atoms with van der Waals surface area (Å²) in [5.41, 5.74) is 3.22. The fourth-order valence-electron chi connectivity index (χ4n) is 4.63. The number of methoxy groups -OCH3 is 1. The molecular weight excluding hydrogens is 426 g/mol. The lowest BCUT2D eigenvalue weighted by Crippen LogP contribution is -2.61. The van der Waals surface area contributed by atoms with Crippen molar-refractivity contribution < 1.29 is 19.1 Å². The van der Waals surface area contributed by atoms with E-state index >= 15 is 0 Å². The molecule has 1 N–H and O–H groups in total. The van der Waals surface area contributed by atoms with E-state index in [1.807, 2.05) is 42.5 Å². The number of Topliss-reactive ketones (excluding diaryl/α,β-unsaturated/α-hetero) is 1. The molecular formula is C24H25N3O4S. The van der Waals surface area contributed by atoms with Gasteiger partial charge in [-0.3, -0.25) is 19.7 Å². The van der Waals surface area contributed by atoms with Gasteiger partial charge >= 0.3 is 0 Å². The molecule has 0 aliphatic carbocycles. The smallest absolute Gasteiger partial charge is 0.254 e. The van der Waals surface area contributed by atoms with Crippen molar-refractivity contribution in [3.63, 3.8) is 0 Å². The van der Waals surface area contributed by atoms with Crippen LogP contribution in [0.2, 0.25) is 0 Å².